The van der Waals surface area contributed by atoms with E-state index in [1.54, 1.807) is 42.9 Å². The van der Waals surface area contributed by atoms with Crippen molar-refractivity contribution in [2.75, 3.05) is 6.61 Å². The zero-order valence-electron chi connectivity index (χ0n) is 17.7. The Hall–Kier alpha value is -3.65. The topological polar surface area (TPSA) is 89.4 Å². The van der Waals surface area contributed by atoms with Crippen molar-refractivity contribution in [1.29, 1.82) is 0 Å². The van der Waals surface area contributed by atoms with E-state index < -0.39 is 12.0 Å². The lowest BCUT2D eigenvalue weighted by Gasteiger charge is -2.37. The molecule has 8 nitrogen and oxygen atoms in total. The predicted octanol–water partition coefficient (Wildman–Crippen LogP) is 4.16. The number of nitrogens with one attached hydrogen (secondary N) is 1. The molecule has 3 aromatic rings. The van der Waals surface area contributed by atoms with E-state index in [1.165, 1.54) is 4.90 Å². The SMILES string of the molecule is CCOC(=O)C1=C(C)NC(=O)N(Cn2cc(-c3ccccc3)nn2)C1c1ccccc1Cl. The van der Waals surface area contributed by atoms with Crippen molar-refractivity contribution in [3.05, 3.63) is 82.7 Å². The summed E-state index contributed by atoms with van der Waals surface area (Å²) >= 11 is 6.48. The van der Waals surface area contributed by atoms with Crippen LogP contribution < -0.4 is 5.32 Å². The quantitative estimate of drug-likeness (QED) is 0.568. The van der Waals surface area contributed by atoms with Gasteiger partial charge >= 0.3 is 12.0 Å². The number of hydrogen-bond acceptors (Lipinski definition) is 5. The maximum absolute atomic E-state index is 13.0. The summed E-state index contributed by atoms with van der Waals surface area (Å²) in [4.78, 5) is 27.4. The van der Waals surface area contributed by atoms with Crippen LogP contribution >= 0.6 is 11.6 Å². The van der Waals surface area contributed by atoms with Crippen LogP contribution in [0.4, 0.5) is 4.79 Å². The summed E-state index contributed by atoms with van der Waals surface area (Å²) in [5.41, 5.74) is 2.96. The number of aromatic nitrogens is 3. The Labute approximate surface area is 190 Å². The van der Waals surface area contributed by atoms with E-state index in [0.717, 1.165) is 5.56 Å². The molecule has 0 aliphatic carbocycles. The highest BCUT2D eigenvalue weighted by atomic mass is 35.5. The van der Waals surface area contributed by atoms with E-state index in [9.17, 15) is 9.59 Å². The fourth-order valence-electron chi connectivity index (χ4n) is 3.68. The zero-order valence-corrected chi connectivity index (χ0v) is 18.4. The molecule has 1 aliphatic heterocycles. The minimum atomic E-state index is -0.749. The van der Waals surface area contributed by atoms with Gasteiger partial charge in [0.2, 0.25) is 0 Å². The number of amides is 2. The molecule has 2 amide bonds. The van der Waals surface area contributed by atoms with Crippen LogP contribution in [-0.4, -0.2) is 38.5 Å². The lowest BCUT2D eigenvalue weighted by molar-refractivity contribution is -0.139. The van der Waals surface area contributed by atoms with Crippen molar-refractivity contribution in [2.45, 2.75) is 26.6 Å². The molecule has 2 heterocycles. The zero-order chi connectivity index (χ0) is 22.7. The van der Waals surface area contributed by atoms with Crippen molar-refractivity contribution < 1.29 is 14.3 Å². The van der Waals surface area contributed by atoms with Crippen LogP contribution in [0.5, 0.6) is 0 Å². The van der Waals surface area contributed by atoms with Gasteiger partial charge in [-0.25, -0.2) is 14.3 Å². The summed E-state index contributed by atoms with van der Waals surface area (Å²) < 4.78 is 6.84. The molecule has 0 saturated heterocycles. The molecular weight excluding hydrogens is 430 g/mol. The molecule has 0 fully saturated rings. The molecule has 164 valence electrons. The van der Waals surface area contributed by atoms with Gasteiger partial charge in [-0.05, 0) is 25.5 Å². The van der Waals surface area contributed by atoms with Crippen LogP contribution in [0.2, 0.25) is 5.02 Å². The monoisotopic (exact) mass is 451 g/mol. The molecule has 0 saturated carbocycles. The molecule has 0 spiro atoms. The lowest BCUT2D eigenvalue weighted by atomic mass is 9.94. The number of ether oxygens (including phenoxy) is 1. The number of allylic oxidation sites excluding steroid dienone is 1. The first-order chi connectivity index (χ1) is 15.5. The average Bonchev–Trinajstić information content (AvgIpc) is 3.25. The Morgan fingerprint density at radius 2 is 1.88 bits per heavy atom. The highest BCUT2D eigenvalue weighted by Gasteiger charge is 2.39. The van der Waals surface area contributed by atoms with Crippen molar-refractivity contribution in [2.24, 2.45) is 0 Å². The van der Waals surface area contributed by atoms with E-state index in [-0.39, 0.29) is 19.3 Å². The second-order valence-electron chi connectivity index (χ2n) is 7.23. The van der Waals surface area contributed by atoms with Crippen molar-refractivity contribution in [3.63, 3.8) is 0 Å². The summed E-state index contributed by atoms with van der Waals surface area (Å²) in [7, 11) is 0. The Morgan fingerprint density at radius 1 is 1.16 bits per heavy atom. The molecular formula is C23H22ClN5O3. The van der Waals surface area contributed by atoms with Crippen LogP contribution in [-0.2, 0) is 16.2 Å². The molecule has 1 atom stereocenters. The molecule has 1 N–H and O–H groups in total. The van der Waals surface area contributed by atoms with Crippen molar-refractivity contribution in [3.8, 4) is 11.3 Å². The molecule has 0 radical (unpaired) electrons. The van der Waals surface area contributed by atoms with Crippen LogP contribution in [0.15, 0.2) is 72.1 Å². The van der Waals surface area contributed by atoms with Crippen LogP contribution in [0.3, 0.4) is 0 Å². The van der Waals surface area contributed by atoms with Gasteiger partial charge in [-0.2, -0.15) is 0 Å². The minimum Gasteiger partial charge on any atom is -0.463 e. The van der Waals surface area contributed by atoms with Crippen LogP contribution in [0, 0.1) is 0 Å². The number of urea groups is 1. The lowest BCUT2D eigenvalue weighted by Crippen LogP contribution is -2.49. The van der Waals surface area contributed by atoms with Gasteiger partial charge in [-0.15, -0.1) is 5.10 Å². The largest absolute Gasteiger partial charge is 0.463 e. The van der Waals surface area contributed by atoms with E-state index in [2.05, 4.69) is 15.6 Å². The highest BCUT2D eigenvalue weighted by molar-refractivity contribution is 6.31. The van der Waals surface area contributed by atoms with Crippen molar-refractivity contribution >= 4 is 23.6 Å². The van der Waals surface area contributed by atoms with Gasteiger partial charge in [0.25, 0.3) is 0 Å². The maximum atomic E-state index is 13.0. The smallest absolute Gasteiger partial charge is 0.338 e. The Bertz CT molecular complexity index is 1180. The number of benzene rings is 2. The molecule has 4 rings (SSSR count). The number of rotatable bonds is 6. The first kappa shape index (κ1) is 21.6. The Balaban J connectivity index is 1.74. The molecule has 32 heavy (non-hydrogen) atoms. The standard InChI is InChI=1S/C23H22ClN5O3/c1-3-32-22(30)20-15(2)25-23(31)29(21(20)17-11-7-8-12-18(17)24)14-28-13-19(26-27-28)16-9-5-4-6-10-16/h4-13,21H,3,14H2,1-2H3,(H,25,31). The van der Waals surface area contributed by atoms with E-state index in [1.807, 2.05) is 36.4 Å². The number of hydrogen-bond donors (Lipinski definition) is 1. The third-order valence-corrected chi connectivity index (χ3v) is 5.49. The van der Waals surface area contributed by atoms with Crippen molar-refractivity contribution in [1.82, 2.24) is 25.2 Å². The van der Waals surface area contributed by atoms with E-state index in [4.69, 9.17) is 16.3 Å². The van der Waals surface area contributed by atoms with Gasteiger partial charge in [-0.3, -0.25) is 4.90 Å². The first-order valence-electron chi connectivity index (χ1n) is 10.1. The van der Waals surface area contributed by atoms with Crippen LogP contribution in [0.1, 0.15) is 25.5 Å². The van der Waals surface area contributed by atoms with Gasteiger partial charge in [-0.1, -0.05) is 65.3 Å². The third kappa shape index (κ3) is 4.22. The number of carbonyl (C=O) groups excluding carboxylic acids is 2. The average molecular weight is 452 g/mol. The molecule has 1 aliphatic rings. The third-order valence-electron chi connectivity index (χ3n) is 5.15. The van der Waals surface area contributed by atoms with Gasteiger partial charge in [0.15, 0.2) is 0 Å². The highest BCUT2D eigenvalue weighted by Crippen LogP contribution is 2.38. The van der Waals surface area contributed by atoms with Gasteiger partial charge in [0.05, 0.1) is 24.4 Å². The van der Waals surface area contributed by atoms with Gasteiger partial charge < -0.3 is 10.1 Å². The molecule has 9 heteroatoms. The second kappa shape index (κ2) is 9.23. The fourth-order valence-corrected chi connectivity index (χ4v) is 3.92. The maximum Gasteiger partial charge on any atom is 0.338 e. The Kier molecular flexibility index (Phi) is 6.23. The predicted molar refractivity (Wildman–Crippen MR) is 119 cm³/mol. The minimum absolute atomic E-state index is 0.0533. The van der Waals surface area contributed by atoms with E-state index in [0.29, 0.717) is 27.6 Å². The normalized spacial score (nSPS) is 16.2. The second-order valence-corrected chi connectivity index (χ2v) is 7.64. The summed E-state index contributed by atoms with van der Waals surface area (Å²) in [5, 5.41) is 11.6. The number of nitrogens with zero attached hydrogens (tertiary/aromatic N) is 4. The number of carbonyl (C=O) groups is 2. The fraction of sp³-hybridized carbons (Fsp3) is 0.217. The summed E-state index contributed by atoms with van der Waals surface area (Å²) in [6.07, 6.45) is 1.75. The van der Waals surface area contributed by atoms with Gasteiger partial charge in [0.1, 0.15) is 12.4 Å². The van der Waals surface area contributed by atoms with Crippen LogP contribution in [0.25, 0.3) is 11.3 Å². The molecule has 1 unspecified atom stereocenters. The molecule has 0 bridgehead atoms. The summed E-state index contributed by atoms with van der Waals surface area (Å²) in [6.45, 7) is 3.67. The van der Waals surface area contributed by atoms with E-state index >= 15 is 0 Å². The molecule has 1 aromatic heterocycles. The molecule has 2 aromatic carbocycles. The first-order valence-corrected chi connectivity index (χ1v) is 10.5. The van der Waals surface area contributed by atoms with Gasteiger partial charge in [0, 0.05) is 16.3 Å². The number of halogens is 1. The summed E-state index contributed by atoms with van der Waals surface area (Å²) in [6, 6.07) is 15.6. The Morgan fingerprint density at radius 3 is 2.59 bits per heavy atom. The summed E-state index contributed by atoms with van der Waals surface area (Å²) in [5.74, 6) is -0.511. The number of esters is 1.